The number of hydrogen-bond donors (Lipinski definition) is 2. The van der Waals surface area contributed by atoms with Crippen molar-refractivity contribution in [2.75, 3.05) is 14.1 Å². The minimum atomic E-state index is -3.53. The summed E-state index contributed by atoms with van der Waals surface area (Å²) >= 11 is 3.31. The zero-order valence-corrected chi connectivity index (χ0v) is 14.0. The predicted molar refractivity (Wildman–Crippen MR) is 80.1 cm³/mol. The first kappa shape index (κ1) is 16.6. The molecule has 19 heavy (non-hydrogen) atoms. The molecule has 0 aliphatic carbocycles. The van der Waals surface area contributed by atoms with E-state index in [1.165, 1.54) is 5.01 Å². The van der Waals surface area contributed by atoms with E-state index in [1.807, 2.05) is 12.1 Å². The highest BCUT2D eigenvalue weighted by atomic mass is 79.9. The first-order chi connectivity index (χ1) is 8.72. The van der Waals surface area contributed by atoms with Crippen molar-refractivity contribution in [2.45, 2.75) is 31.3 Å². The second-order valence-corrected chi connectivity index (χ2v) is 7.27. The highest BCUT2D eigenvalue weighted by molar-refractivity contribution is 9.10. The van der Waals surface area contributed by atoms with Gasteiger partial charge in [0.2, 0.25) is 0 Å². The van der Waals surface area contributed by atoms with Crippen LogP contribution in [0.2, 0.25) is 0 Å². The molecule has 108 valence electrons. The van der Waals surface area contributed by atoms with Crippen LogP contribution >= 0.6 is 15.9 Å². The second-order valence-electron chi connectivity index (χ2n) is 4.79. The van der Waals surface area contributed by atoms with E-state index in [9.17, 15) is 8.42 Å². The number of hydrazine groups is 1. The number of nitrogens with zero attached hydrogens (tertiary/aromatic N) is 1. The lowest BCUT2D eigenvalue weighted by Crippen LogP contribution is -2.36. The SMILES string of the molecule is CC(C)NCc1ccc(S(=O)(=O)NN(C)C)c(Br)c1. The van der Waals surface area contributed by atoms with E-state index in [-0.39, 0.29) is 4.90 Å². The van der Waals surface area contributed by atoms with E-state index in [2.05, 4.69) is 39.9 Å². The molecule has 2 N–H and O–H groups in total. The van der Waals surface area contributed by atoms with Gasteiger partial charge in [0.15, 0.2) is 0 Å². The Hall–Kier alpha value is -0.470. The van der Waals surface area contributed by atoms with Crippen molar-refractivity contribution in [3.05, 3.63) is 28.2 Å². The van der Waals surface area contributed by atoms with Crippen LogP contribution in [0, 0.1) is 0 Å². The molecule has 7 heteroatoms. The third-order valence-electron chi connectivity index (χ3n) is 2.30. The molecule has 0 aromatic heterocycles. The van der Waals surface area contributed by atoms with Crippen molar-refractivity contribution in [3.8, 4) is 0 Å². The number of nitrogens with one attached hydrogen (secondary N) is 2. The summed E-state index contributed by atoms with van der Waals surface area (Å²) in [4.78, 5) is 2.64. The van der Waals surface area contributed by atoms with E-state index in [1.54, 1.807) is 20.2 Å². The molecule has 0 radical (unpaired) electrons. The van der Waals surface area contributed by atoms with Gasteiger partial charge in [-0.2, -0.15) is 0 Å². The van der Waals surface area contributed by atoms with Crippen molar-refractivity contribution < 1.29 is 8.42 Å². The van der Waals surface area contributed by atoms with Crippen LogP contribution in [0.5, 0.6) is 0 Å². The predicted octanol–water partition coefficient (Wildman–Crippen LogP) is 1.70. The van der Waals surface area contributed by atoms with Crippen molar-refractivity contribution in [1.82, 2.24) is 15.2 Å². The topological polar surface area (TPSA) is 61.4 Å². The van der Waals surface area contributed by atoms with Crippen LogP contribution in [0.1, 0.15) is 19.4 Å². The molecular weight excluding hydrogens is 330 g/mol. The Morgan fingerprint density at radius 3 is 2.42 bits per heavy atom. The summed E-state index contributed by atoms with van der Waals surface area (Å²) < 4.78 is 24.6. The maximum Gasteiger partial charge on any atom is 0.254 e. The zero-order chi connectivity index (χ0) is 14.6. The van der Waals surface area contributed by atoms with Crippen LogP contribution < -0.4 is 10.1 Å². The lowest BCUT2D eigenvalue weighted by Gasteiger charge is -2.14. The second kappa shape index (κ2) is 6.81. The van der Waals surface area contributed by atoms with Gasteiger partial charge in [-0.05, 0) is 33.6 Å². The van der Waals surface area contributed by atoms with Crippen molar-refractivity contribution in [3.63, 3.8) is 0 Å². The molecular formula is C12H20BrN3O2S. The van der Waals surface area contributed by atoms with Crippen LogP contribution in [0.3, 0.4) is 0 Å². The summed E-state index contributed by atoms with van der Waals surface area (Å²) in [6.07, 6.45) is 0. The molecule has 0 saturated heterocycles. The van der Waals surface area contributed by atoms with Gasteiger partial charge in [-0.15, -0.1) is 4.83 Å². The monoisotopic (exact) mass is 349 g/mol. The van der Waals surface area contributed by atoms with Gasteiger partial charge in [-0.3, -0.25) is 0 Å². The molecule has 1 aromatic rings. The molecule has 0 fully saturated rings. The third kappa shape index (κ3) is 5.19. The molecule has 0 unspecified atom stereocenters. The summed E-state index contributed by atoms with van der Waals surface area (Å²) in [7, 11) is -0.267. The molecule has 0 spiro atoms. The number of hydrogen-bond acceptors (Lipinski definition) is 4. The minimum Gasteiger partial charge on any atom is -0.310 e. The summed E-state index contributed by atoms with van der Waals surface area (Å²) in [5, 5.41) is 4.68. The Labute approximate surface area is 123 Å². The van der Waals surface area contributed by atoms with Crippen LogP contribution in [0.25, 0.3) is 0 Å². The first-order valence-electron chi connectivity index (χ1n) is 5.94. The zero-order valence-electron chi connectivity index (χ0n) is 11.6. The number of sulfonamides is 1. The first-order valence-corrected chi connectivity index (χ1v) is 8.21. The maximum absolute atomic E-state index is 12.0. The van der Waals surface area contributed by atoms with E-state index >= 15 is 0 Å². The largest absolute Gasteiger partial charge is 0.310 e. The Kier molecular flexibility index (Phi) is 5.94. The van der Waals surface area contributed by atoms with Gasteiger partial charge in [-0.25, -0.2) is 13.4 Å². The third-order valence-corrected chi connectivity index (χ3v) is 4.76. The highest BCUT2D eigenvalue weighted by Crippen LogP contribution is 2.23. The molecule has 5 nitrogen and oxygen atoms in total. The smallest absolute Gasteiger partial charge is 0.254 e. The minimum absolute atomic E-state index is 0.231. The standard InChI is InChI=1S/C12H20BrN3O2S/c1-9(2)14-8-10-5-6-12(11(13)7-10)19(17,18)15-16(3)4/h5-7,9,14-15H,8H2,1-4H3. The summed E-state index contributed by atoms with van der Waals surface area (Å²) in [5.74, 6) is 0. The molecule has 0 atom stereocenters. The molecule has 0 bridgehead atoms. The Balaban J connectivity index is 2.94. The fourth-order valence-corrected chi connectivity index (χ4v) is 3.69. The van der Waals surface area contributed by atoms with Crippen LogP contribution in [-0.2, 0) is 16.6 Å². The highest BCUT2D eigenvalue weighted by Gasteiger charge is 2.18. The van der Waals surface area contributed by atoms with Crippen molar-refractivity contribution in [2.24, 2.45) is 0 Å². The number of rotatable bonds is 6. The molecule has 0 saturated carbocycles. The van der Waals surface area contributed by atoms with Gasteiger partial charge in [0.05, 0.1) is 4.90 Å². The van der Waals surface area contributed by atoms with Crippen LogP contribution in [0.15, 0.2) is 27.6 Å². The molecule has 1 rings (SSSR count). The van der Waals surface area contributed by atoms with Crippen molar-refractivity contribution >= 4 is 26.0 Å². The maximum atomic E-state index is 12.0. The van der Waals surface area contributed by atoms with Crippen molar-refractivity contribution in [1.29, 1.82) is 0 Å². The summed E-state index contributed by atoms with van der Waals surface area (Å²) in [6, 6.07) is 5.62. The van der Waals surface area contributed by atoms with Gasteiger partial charge in [0.1, 0.15) is 0 Å². The lowest BCUT2D eigenvalue weighted by molar-refractivity contribution is 0.364. The van der Waals surface area contributed by atoms with Gasteiger partial charge < -0.3 is 5.32 Å². The quantitative estimate of drug-likeness (QED) is 0.767. The van der Waals surface area contributed by atoms with Crippen LogP contribution in [-0.4, -0.2) is 33.6 Å². The molecule has 0 aliphatic rings. The van der Waals surface area contributed by atoms with Gasteiger partial charge in [0, 0.05) is 31.2 Å². The lowest BCUT2D eigenvalue weighted by atomic mass is 10.2. The van der Waals surface area contributed by atoms with E-state index in [0.717, 1.165) is 5.56 Å². The normalized spacial score (nSPS) is 12.4. The molecule has 0 amide bonds. The average Bonchev–Trinajstić information content (AvgIpc) is 2.24. The Bertz CT molecular complexity index is 530. The fraction of sp³-hybridized carbons (Fsp3) is 0.500. The molecule has 0 heterocycles. The summed E-state index contributed by atoms with van der Waals surface area (Å²) in [5.41, 5.74) is 1.03. The summed E-state index contributed by atoms with van der Waals surface area (Å²) in [6.45, 7) is 4.83. The van der Waals surface area contributed by atoms with Gasteiger partial charge in [0.25, 0.3) is 10.0 Å². The average molecular weight is 350 g/mol. The van der Waals surface area contributed by atoms with Gasteiger partial charge in [-0.1, -0.05) is 19.9 Å². The fourth-order valence-electron chi connectivity index (χ4n) is 1.48. The van der Waals surface area contributed by atoms with Crippen LogP contribution in [0.4, 0.5) is 0 Å². The Morgan fingerprint density at radius 2 is 1.95 bits per heavy atom. The Morgan fingerprint density at radius 1 is 1.32 bits per heavy atom. The number of halogens is 1. The molecule has 1 aromatic carbocycles. The van der Waals surface area contributed by atoms with E-state index in [4.69, 9.17) is 0 Å². The van der Waals surface area contributed by atoms with Gasteiger partial charge >= 0.3 is 0 Å². The van der Waals surface area contributed by atoms with E-state index < -0.39 is 10.0 Å². The van der Waals surface area contributed by atoms with E-state index in [0.29, 0.717) is 17.1 Å². The molecule has 0 aliphatic heterocycles. The number of benzene rings is 1.